The Morgan fingerprint density at radius 3 is 2.46 bits per heavy atom. The zero-order valence-electron chi connectivity index (χ0n) is 14.8. The average molecular weight is 359 g/mol. The van der Waals surface area contributed by atoms with Crippen LogP contribution in [-0.2, 0) is 0 Å². The van der Waals surface area contributed by atoms with Gasteiger partial charge in [0.05, 0.1) is 17.4 Å². The minimum absolute atomic E-state index is 0.230. The first-order valence-electron chi connectivity index (χ1n) is 8.98. The molecule has 0 aromatic carbocycles. The minimum Gasteiger partial charge on any atom is -0.477 e. The summed E-state index contributed by atoms with van der Waals surface area (Å²) in [5, 5.41) is 12.7. The molecular weight excluding hydrogens is 337 g/mol. The molecule has 0 radical (unpaired) electrons. The summed E-state index contributed by atoms with van der Waals surface area (Å²) in [6, 6.07) is 3.64. The zero-order valence-corrected chi connectivity index (χ0v) is 14.8. The molecule has 26 heavy (non-hydrogen) atoms. The highest BCUT2D eigenvalue weighted by atomic mass is 19.1. The molecule has 3 heterocycles. The summed E-state index contributed by atoms with van der Waals surface area (Å²) >= 11 is 0. The number of hydrogen-bond acceptors (Lipinski definition) is 4. The van der Waals surface area contributed by atoms with Gasteiger partial charge in [0, 0.05) is 25.2 Å². The summed E-state index contributed by atoms with van der Waals surface area (Å²) in [6.07, 6.45) is 3.06. The van der Waals surface area contributed by atoms with E-state index >= 15 is 0 Å². The summed E-state index contributed by atoms with van der Waals surface area (Å²) in [7, 11) is 0. The molecule has 2 atom stereocenters. The third-order valence-corrected chi connectivity index (χ3v) is 5.21. The van der Waals surface area contributed by atoms with Crippen LogP contribution >= 0.6 is 0 Å². The van der Waals surface area contributed by atoms with Crippen molar-refractivity contribution in [3.63, 3.8) is 0 Å². The van der Waals surface area contributed by atoms with Gasteiger partial charge in [0.25, 0.3) is 5.56 Å². The second-order valence-corrected chi connectivity index (χ2v) is 7.53. The van der Waals surface area contributed by atoms with E-state index in [0.717, 1.165) is 29.0 Å². The maximum absolute atomic E-state index is 14.9. The normalized spacial score (nSPS) is 23.4. The molecule has 1 saturated carbocycles. The van der Waals surface area contributed by atoms with Crippen LogP contribution in [0.2, 0.25) is 0 Å². The SMILES string of the molecule is C[C@@H]1CN(c2cc3c(C4CC4)cc(C(=O)O)c(=O)n3cc2F)C[C@H](C)N1. The van der Waals surface area contributed by atoms with E-state index in [1.807, 2.05) is 4.90 Å². The minimum atomic E-state index is -1.28. The van der Waals surface area contributed by atoms with E-state index in [4.69, 9.17) is 0 Å². The van der Waals surface area contributed by atoms with Crippen LogP contribution in [0.4, 0.5) is 10.1 Å². The second kappa shape index (κ2) is 6.09. The summed E-state index contributed by atoms with van der Waals surface area (Å²) in [4.78, 5) is 25.9. The number of pyridine rings is 2. The van der Waals surface area contributed by atoms with Crippen molar-refractivity contribution in [1.82, 2.24) is 9.72 Å². The molecule has 4 rings (SSSR count). The lowest BCUT2D eigenvalue weighted by atomic mass is 10.1. The summed E-state index contributed by atoms with van der Waals surface area (Å²) in [5.74, 6) is -1.55. The average Bonchev–Trinajstić information content (AvgIpc) is 3.38. The fourth-order valence-corrected chi connectivity index (χ4v) is 3.97. The number of rotatable bonds is 3. The summed E-state index contributed by atoms with van der Waals surface area (Å²) in [5.41, 5.74) is 0.900. The van der Waals surface area contributed by atoms with E-state index in [9.17, 15) is 19.1 Å². The van der Waals surface area contributed by atoms with E-state index in [1.165, 1.54) is 6.07 Å². The number of carboxylic acids is 1. The zero-order chi connectivity index (χ0) is 18.6. The molecule has 0 spiro atoms. The van der Waals surface area contributed by atoms with Crippen molar-refractivity contribution in [1.29, 1.82) is 0 Å². The van der Waals surface area contributed by atoms with Crippen LogP contribution in [0.5, 0.6) is 0 Å². The van der Waals surface area contributed by atoms with Crippen molar-refractivity contribution in [3.8, 4) is 0 Å². The molecule has 1 aliphatic heterocycles. The number of hydrogen-bond donors (Lipinski definition) is 2. The molecule has 2 N–H and O–H groups in total. The van der Waals surface area contributed by atoms with Crippen LogP contribution in [-0.4, -0.2) is 40.6 Å². The number of nitrogens with one attached hydrogen (secondary N) is 1. The van der Waals surface area contributed by atoms with Gasteiger partial charge in [-0.25, -0.2) is 9.18 Å². The number of carboxylic acid groups (broad SMARTS) is 1. The van der Waals surface area contributed by atoms with Crippen LogP contribution in [0.15, 0.2) is 23.1 Å². The van der Waals surface area contributed by atoms with Crippen molar-refractivity contribution in [2.75, 3.05) is 18.0 Å². The van der Waals surface area contributed by atoms with E-state index in [-0.39, 0.29) is 23.6 Å². The summed E-state index contributed by atoms with van der Waals surface area (Å²) < 4.78 is 16.0. The van der Waals surface area contributed by atoms with Gasteiger partial charge in [0.15, 0.2) is 5.82 Å². The molecule has 1 saturated heterocycles. The first-order valence-corrected chi connectivity index (χ1v) is 8.98. The van der Waals surface area contributed by atoms with Crippen LogP contribution in [0.3, 0.4) is 0 Å². The molecule has 138 valence electrons. The highest BCUT2D eigenvalue weighted by Gasteiger charge is 2.30. The van der Waals surface area contributed by atoms with Gasteiger partial charge in [-0.15, -0.1) is 0 Å². The maximum atomic E-state index is 14.9. The van der Waals surface area contributed by atoms with Crippen LogP contribution in [0.25, 0.3) is 5.52 Å². The van der Waals surface area contributed by atoms with Gasteiger partial charge < -0.3 is 15.3 Å². The number of aromatic nitrogens is 1. The Morgan fingerprint density at radius 2 is 1.88 bits per heavy atom. The highest BCUT2D eigenvalue weighted by molar-refractivity contribution is 5.88. The highest BCUT2D eigenvalue weighted by Crippen LogP contribution is 2.42. The van der Waals surface area contributed by atoms with Crippen molar-refractivity contribution >= 4 is 17.2 Å². The molecule has 2 aromatic rings. The van der Waals surface area contributed by atoms with Gasteiger partial charge in [0.1, 0.15) is 5.56 Å². The van der Waals surface area contributed by atoms with E-state index in [1.54, 1.807) is 6.07 Å². The first kappa shape index (κ1) is 17.0. The van der Waals surface area contributed by atoms with E-state index in [2.05, 4.69) is 19.2 Å². The lowest BCUT2D eigenvalue weighted by Gasteiger charge is -2.38. The number of aromatic carboxylic acids is 1. The Labute approximate surface area is 150 Å². The Morgan fingerprint density at radius 1 is 1.23 bits per heavy atom. The Kier molecular flexibility index (Phi) is 3.99. The Balaban J connectivity index is 1.91. The monoisotopic (exact) mass is 359 g/mol. The molecule has 7 heteroatoms. The molecule has 2 aromatic heterocycles. The number of fused-ring (bicyclic) bond motifs is 1. The molecule has 6 nitrogen and oxygen atoms in total. The third kappa shape index (κ3) is 2.86. The molecule has 1 aliphatic carbocycles. The maximum Gasteiger partial charge on any atom is 0.341 e. The third-order valence-electron chi connectivity index (χ3n) is 5.21. The molecule has 0 unspecified atom stereocenters. The van der Waals surface area contributed by atoms with E-state index in [0.29, 0.717) is 24.3 Å². The van der Waals surface area contributed by atoms with Crippen molar-refractivity contribution < 1.29 is 14.3 Å². The van der Waals surface area contributed by atoms with Crippen molar-refractivity contribution in [2.24, 2.45) is 0 Å². The molecule has 2 aliphatic rings. The number of carbonyl (C=O) groups is 1. The van der Waals surface area contributed by atoms with Gasteiger partial charge in [-0.05, 0) is 50.3 Å². The fraction of sp³-hybridized carbons (Fsp3) is 0.474. The van der Waals surface area contributed by atoms with Gasteiger partial charge >= 0.3 is 5.97 Å². The van der Waals surface area contributed by atoms with Gasteiger partial charge in [-0.3, -0.25) is 9.20 Å². The van der Waals surface area contributed by atoms with E-state index < -0.39 is 17.3 Å². The molecule has 0 bridgehead atoms. The van der Waals surface area contributed by atoms with Crippen LogP contribution in [0.1, 0.15) is 48.5 Å². The lowest BCUT2D eigenvalue weighted by Crippen LogP contribution is -2.54. The first-order chi connectivity index (χ1) is 12.3. The predicted molar refractivity (Wildman–Crippen MR) is 96.8 cm³/mol. The molecule has 0 amide bonds. The Bertz CT molecular complexity index is 941. The van der Waals surface area contributed by atoms with Gasteiger partial charge in [-0.2, -0.15) is 0 Å². The predicted octanol–water partition coefficient (Wildman–Crippen LogP) is 2.20. The largest absolute Gasteiger partial charge is 0.477 e. The van der Waals surface area contributed by atoms with Crippen LogP contribution in [0, 0.1) is 5.82 Å². The number of anilines is 1. The quantitative estimate of drug-likeness (QED) is 0.879. The smallest absolute Gasteiger partial charge is 0.341 e. The number of nitrogens with zero attached hydrogens (tertiary/aromatic N) is 2. The lowest BCUT2D eigenvalue weighted by molar-refractivity contribution is 0.0694. The Hall–Kier alpha value is -2.41. The molecular formula is C19H22FN3O3. The van der Waals surface area contributed by atoms with Gasteiger partial charge in [-0.1, -0.05) is 0 Å². The second-order valence-electron chi connectivity index (χ2n) is 7.53. The topological polar surface area (TPSA) is 74.1 Å². The molecule has 2 fully saturated rings. The van der Waals surface area contributed by atoms with Crippen LogP contribution < -0.4 is 15.8 Å². The standard InChI is InChI=1S/C19H22FN3O3/c1-10-7-22(8-11(2)21-10)17-6-16-13(12-3-4-12)5-14(19(25)26)18(24)23(16)9-15(17)20/h5-6,9-12,21H,3-4,7-8H2,1-2H3,(H,25,26)/t10-,11+. The van der Waals surface area contributed by atoms with Crippen molar-refractivity contribution in [3.05, 3.63) is 45.6 Å². The number of halogens is 1. The van der Waals surface area contributed by atoms with Gasteiger partial charge in [0.2, 0.25) is 0 Å². The summed E-state index contributed by atoms with van der Waals surface area (Å²) in [6.45, 7) is 5.46. The number of piperazine rings is 1. The van der Waals surface area contributed by atoms with Crippen molar-refractivity contribution in [2.45, 2.75) is 44.7 Å². The fourth-order valence-electron chi connectivity index (χ4n) is 3.97.